The maximum absolute atomic E-state index is 13.8. The van der Waals surface area contributed by atoms with E-state index in [-0.39, 0.29) is 11.6 Å². The molecule has 1 heterocycles. The number of aryl methyl sites for hydroxylation is 2. The maximum atomic E-state index is 13.8. The normalized spacial score (nSPS) is 17.5. The molecule has 0 spiro atoms. The average molecular weight is 458 g/mol. The van der Waals surface area contributed by atoms with E-state index in [4.69, 9.17) is 0 Å². The summed E-state index contributed by atoms with van der Waals surface area (Å²) in [5.74, 6) is 0. The van der Waals surface area contributed by atoms with Gasteiger partial charge in [0.2, 0.25) is 10.0 Å². The first kappa shape index (κ1) is 23.2. The lowest BCUT2D eigenvalue weighted by atomic mass is 9.89. The molecule has 7 heteroatoms. The van der Waals surface area contributed by atoms with Gasteiger partial charge < -0.3 is 0 Å². The summed E-state index contributed by atoms with van der Waals surface area (Å²) in [5, 5.41) is 4.68. The van der Waals surface area contributed by atoms with Crippen molar-refractivity contribution < 1.29 is 8.42 Å². The van der Waals surface area contributed by atoms with Gasteiger partial charge in [0.05, 0.1) is 10.6 Å². The molecular formula is C25H35N3O3S. The number of aromatic nitrogens is 2. The Morgan fingerprint density at radius 1 is 1.03 bits per heavy atom. The average Bonchev–Trinajstić information content (AvgIpc) is 2.81. The number of fused-ring (bicyclic) bond motifs is 1. The van der Waals surface area contributed by atoms with Crippen molar-refractivity contribution in [3.8, 4) is 11.3 Å². The van der Waals surface area contributed by atoms with Crippen LogP contribution in [0, 0.1) is 6.92 Å². The van der Waals surface area contributed by atoms with E-state index in [0.29, 0.717) is 18.0 Å². The van der Waals surface area contributed by atoms with Gasteiger partial charge in [-0.2, -0.15) is 9.40 Å². The molecule has 6 nitrogen and oxygen atoms in total. The van der Waals surface area contributed by atoms with Crippen LogP contribution in [0.15, 0.2) is 27.9 Å². The van der Waals surface area contributed by atoms with Crippen molar-refractivity contribution in [2.75, 3.05) is 6.54 Å². The monoisotopic (exact) mass is 457 g/mol. The van der Waals surface area contributed by atoms with E-state index >= 15 is 0 Å². The van der Waals surface area contributed by atoms with E-state index in [1.54, 1.807) is 10.4 Å². The van der Waals surface area contributed by atoms with Crippen LogP contribution in [-0.2, 0) is 29.4 Å². The Labute approximate surface area is 191 Å². The van der Waals surface area contributed by atoms with Crippen molar-refractivity contribution in [1.29, 1.82) is 0 Å². The second-order valence-corrected chi connectivity index (χ2v) is 11.0. The second-order valence-electron chi connectivity index (χ2n) is 9.11. The third-order valence-corrected chi connectivity index (χ3v) is 9.28. The van der Waals surface area contributed by atoms with Crippen LogP contribution in [0.3, 0.4) is 0 Å². The fourth-order valence-electron chi connectivity index (χ4n) is 5.38. The molecule has 0 unspecified atom stereocenters. The first-order valence-electron chi connectivity index (χ1n) is 12.1. The zero-order chi connectivity index (χ0) is 22.9. The molecule has 4 rings (SSSR count). The fraction of sp³-hybridized carbons (Fsp3) is 0.600. The van der Waals surface area contributed by atoms with Crippen LogP contribution in [0.1, 0.15) is 75.5 Å². The van der Waals surface area contributed by atoms with Gasteiger partial charge in [0, 0.05) is 30.3 Å². The van der Waals surface area contributed by atoms with Crippen LogP contribution in [0.25, 0.3) is 11.3 Å². The van der Waals surface area contributed by atoms with Crippen molar-refractivity contribution in [2.45, 2.75) is 96.0 Å². The van der Waals surface area contributed by atoms with Gasteiger partial charge in [0.25, 0.3) is 5.56 Å². The first-order valence-corrected chi connectivity index (χ1v) is 13.6. The van der Waals surface area contributed by atoms with E-state index in [2.05, 4.69) is 5.10 Å². The molecule has 0 radical (unpaired) electrons. The number of benzene rings is 1. The summed E-state index contributed by atoms with van der Waals surface area (Å²) >= 11 is 0. The molecule has 174 valence electrons. The molecule has 0 bridgehead atoms. The molecule has 32 heavy (non-hydrogen) atoms. The molecule has 2 aliphatic rings. The minimum atomic E-state index is -3.62. The summed E-state index contributed by atoms with van der Waals surface area (Å²) < 4.78 is 30.8. The summed E-state index contributed by atoms with van der Waals surface area (Å²) in [6.07, 6.45) is 8.85. The van der Waals surface area contributed by atoms with Crippen molar-refractivity contribution in [3.63, 3.8) is 0 Å². The van der Waals surface area contributed by atoms with E-state index in [9.17, 15) is 13.2 Å². The molecule has 1 saturated carbocycles. The zero-order valence-corrected chi connectivity index (χ0v) is 20.4. The largest absolute Gasteiger partial charge is 0.270 e. The van der Waals surface area contributed by atoms with Crippen LogP contribution in [-0.4, -0.2) is 35.1 Å². The molecule has 0 amide bonds. The zero-order valence-electron chi connectivity index (χ0n) is 19.6. The van der Waals surface area contributed by atoms with E-state index < -0.39 is 10.0 Å². The lowest BCUT2D eigenvalue weighted by Gasteiger charge is -2.33. The Hall–Kier alpha value is -1.99. The molecule has 2 aromatic rings. The lowest BCUT2D eigenvalue weighted by Crippen LogP contribution is -2.41. The van der Waals surface area contributed by atoms with Crippen molar-refractivity contribution in [1.82, 2.24) is 14.1 Å². The molecule has 1 fully saturated rings. The summed E-state index contributed by atoms with van der Waals surface area (Å²) in [4.78, 5) is 13.2. The van der Waals surface area contributed by atoms with Crippen molar-refractivity contribution in [2.24, 2.45) is 0 Å². The third kappa shape index (κ3) is 4.17. The van der Waals surface area contributed by atoms with Crippen LogP contribution < -0.4 is 5.56 Å². The molecule has 0 atom stereocenters. The molecule has 0 saturated heterocycles. The predicted octanol–water partition coefficient (Wildman–Crippen LogP) is 4.46. The minimum Gasteiger partial charge on any atom is -0.267 e. The number of hydrogen-bond donors (Lipinski definition) is 0. The lowest BCUT2D eigenvalue weighted by molar-refractivity contribution is 0.261. The summed E-state index contributed by atoms with van der Waals surface area (Å²) in [7, 11) is -3.62. The van der Waals surface area contributed by atoms with Crippen LogP contribution in [0.5, 0.6) is 0 Å². The van der Waals surface area contributed by atoms with E-state index in [1.165, 1.54) is 11.1 Å². The Bertz CT molecular complexity index is 1150. The van der Waals surface area contributed by atoms with Gasteiger partial charge in [0.15, 0.2) is 0 Å². The Balaban J connectivity index is 1.83. The fourth-order valence-corrected chi connectivity index (χ4v) is 7.32. The highest BCUT2D eigenvalue weighted by molar-refractivity contribution is 7.89. The molecule has 1 aromatic carbocycles. The molecule has 0 aliphatic heterocycles. The van der Waals surface area contributed by atoms with Gasteiger partial charge in [-0.1, -0.05) is 38.3 Å². The van der Waals surface area contributed by atoms with Crippen molar-refractivity contribution in [3.05, 3.63) is 45.2 Å². The smallest absolute Gasteiger partial charge is 0.267 e. The molecular weight excluding hydrogens is 422 g/mol. The number of hydrogen-bond acceptors (Lipinski definition) is 4. The first-order chi connectivity index (χ1) is 15.4. The molecule has 2 aliphatic carbocycles. The quantitative estimate of drug-likeness (QED) is 0.642. The maximum Gasteiger partial charge on any atom is 0.270 e. The Morgan fingerprint density at radius 3 is 2.38 bits per heavy atom. The van der Waals surface area contributed by atoms with Gasteiger partial charge in [0.1, 0.15) is 0 Å². The Morgan fingerprint density at radius 2 is 1.72 bits per heavy atom. The van der Waals surface area contributed by atoms with Gasteiger partial charge in [-0.25, -0.2) is 13.1 Å². The van der Waals surface area contributed by atoms with Crippen LogP contribution in [0.4, 0.5) is 0 Å². The number of sulfonamides is 1. The number of rotatable bonds is 6. The van der Waals surface area contributed by atoms with Crippen molar-refractivity contribution >= 4 is 10.0 Å². The molecule has 0 N–H and O–H groups in total. The second kappa shape index (κ2) is 9.48. The Kier molecular flexibility index (Phi) is 6.86. The van der Waals surface area contributed by atoms with E-state index in [1.807, 2.05) is 32.9 Å². The van der Waals surface area contributed by atoms with Crippen LogP contribution in [0.2, 0.25) is 0 Å². The van der Waals surface area contributed by atoms with Gasteiger partial charge in [-0.05, 0) is 69.6 Å². The van der Waals surface area contributed by atoms with Crippen LogP contribution >= 0.6 is 0 Å². The minimum absolute atomic E-state index is 0.000336. The highest BCUT2D eigenvalue weighted by Crippen LogP contribution is 2.33. The predicted molar refractivity (Wildman–Crippen MR) is 127 cm³/mol. The summed E-state index contributed by atoms with van der Waals surface area (Å²) in [6.45, 7) is 6.69. The number of nitrogens with zero attached hydrogens (tertiary/aromatic N) is 3. The highest BCUT2D eigenvalue weighted by atomic mass is 32.2. The molecule has 1 aromatic heterocycles. The topological polar surface area (TPSA) is 72.3 Å². The van der Waals surface area contributed by atoms with Gasteiger partial charge in [-0.3, -0.25) is 4.79 Å². The SMILES string of the molecule is CCN(C1CCCCC1)S(=O)(=O)c1cc(-c2nn(CC)c(=O)c3c2CCCC3)ccc1C. The third-order valence-electron chi connectivity index (χ3n) is 7.11. The summed E-state index contributed by atoms with van der Waals surface area (Å²) in [5.41, 5.74) is 4.15. The van der Waals surface area contributed by atoms with E-state index in [0.717, 1.165) is 79.3 Å². The standard InChI is InChI=1S/C25H35N3O3S/c1-4-27-25(29)22-14-10-9-13-21(22)24(26-27)19-16-15-18(3)23(17-19)32(30,31)28(5-2)20-11-7-6-8-12-20/h15-17,20H,4-14H2,1-3H3. The summed E-state index contributed by atoms with van der Waals surface area (Å²) in [6, 6.07) is 5.70. The highest BCUT2D eigenvalue weighted by Gasteiger charge is 2.32. The van der Waals surface area contributed by atoms with Gasteiger partial charge >= 0.3 is 0 Å². The van der Waals surface area contributed by atoms with Gasteiger partial charge in [-0.15, -0.1) is 0 Å².